The van der Waals surface area contributed by atoms with Gasteiger partial charge < -0.3 is 4.90 Å². The molecule has 0 aliphatic carbocycles. The fourth-order valence-electron chi connectivity index (χ4n) is 1.87. The minimum Gasteiger partial charge on any atom is -0.339 e. The molecule has 2 rings (SSSR count). The molecule has 2 aromatic rings. The predicted molar refractivity (Wildman–Crippen MR) is 77.2 cm³/mol. The normalized spacial score (nSPS) is 10.2. The zero-order chi connectivity index (χ0) is 13.8. The molecule has 4 nitrogen and oxygen atoms in total. The second-order valence-electron chi connectivity index (χ2n) is 4.11. The van der Waals surface area contributed by atoms with Gasteiger partial charge in [-0.25, -0.2) is 0 Å². The molecule has 0 atom stereocenters. The molecule has 0 amide bonds. The number of para-hydroxylation sites is 1. The Kier molecular flexibility index (Phi) is 4.02. The fraction of sp³-hybridized carbons (Fsp3) is 0.143. The molecule has 0 aliphatic rings. The maximum atomic E-state index is 11.2. The third kappa shape index (κ3) is 2.85. The van der Waals surface area contributed by atoms with E-state index in [4.69, 9.17) is 11.6 Å². The summed E-state index contributed by atoms with van der Waals surface area (Å²) in [7, 11) is 1.80. The van der Waals surface area contributed by atoms with Crippen LogP contribution in [-0.2, 0) is 5.88 Å². The van der Waals surface area contributed by atoms with E-state index in [0.717, 1.165) is 11.3 Å². The average molecular weight is 277 g/mol. The molecule has 98 valence electrons. The quantitative estimate of drug-likeness (QED) is 0.480. The summed E-state index contributed by atoms with van der Waals surface area (Å²) in [5.41, 5.74) is 2.23. The first-order valence-corrected chi connectivity index (χ1v) is 6.29. The topological polar surface area (TPSA) is 46.4 Å². The molecule has 0 fully saturated rings. The Morgan fingerprint density at radius 2 is 1.89 bits per heavy atom. The van der Waals surface area contributed by atoms with Crippen LogP contribution in [0.1, 0.15) is 5.56 Å². The highest BCUT2D eigenvalue weighted by atomic mass is 35.5. The van der Waals surface area contributed by atoms with Crippen LogP contribution in [0, 0.1) is 10.1 Å². The lowest BCUT2D eigenvalue weighted by molar-refractivity contribution is -0.384. The Morgan fingerprint density at radius 3 is 2.47 bits per heavy atom. The van der Waals surface area contributed by atoms with Crippen LogP contribution in [0.4, 0.5) is 17.1 Å². The predicted octanol–water partition coefficient (Wildman–Crippen LogP) is 4.10. The highest BCUT2D eigenvalue weighted by Gasteiger charge is 2.18. The molecule has 0 unspecified atom stereocenters. The molecule has 0 aromatic heterocycles. The van der Waals surface area contributed by atoms with Gasteiger partial charge in [-0.05, 0) is 23.8 Å². The van der Waals surface area contributed by atoms with Crippen molar-refractivity contribution in [1.82, 2.24) is 0 Å². The number of hydrogen-bond acceptors (Lipinski definition) is 3. The van der Waals surface area contributed by atoms with E-state index in [1.165, 1.54) is 6.07 Å². The Morgan fingerprint density at radius 1 is 1.21 bits per heavy atom. The van der Waals surface area contributed by atoms with Gasteiger partial charge in [0.05, 0.1) is 4.92 Å². The Labute approximate surface area is 116 Å². The third-order valence-corrected chi connectivity index (χ3v) is 3.20. The summed E-state index contributed by atoms with van der Waals surface area (Å²) in [5, 5.41) is 11.2. The molecule has 5 heteroatoms. The maximum Gasteiger partial charge on any atom is 0.293 e. The number of anilines is 2. The van der Waals surface area contributed by atoms with Gasteiger partial charge in [-0.1, -0.05) is 24.3 Å². The SMILES string of the molecule is CN(c1ccccc1)c1ccc(CCl)cc1[N+](=O)[O-]. The van der Waals surface area contributed by atoms with Crippen LogP contribution in [0.25, 0.3) is 0 Å². The summed E-state index contributed by atoms with van der Waals surface area (Å²) in [6.07, 6.45) is 0. The van der Waals surface area contributed by atoms with Crippen molar-refractivity contribution in [3.05, 3.63) is 64.2 Å². The smallest absolute Gasteiger partial charge is 0.293 e. The van der Waals surface area contributed by atoms with E-state index in [-0.39, 0.29) is 16.5 Å². The van der Waals surface area contributed by atoms with Crippen LogP contribution in [0.15, 0.2) is 48.5 Å². The van der Waals surface area contributed by atoms with E-state index in [9.17, 15) is 10.1 Å². The number of benzene rings is 2. The molecule has 0 N–H and O–H groups in total. The van der Waals surface area contributed by atoms with Crippen molar-refractivity contribution in [1.29, 1.82) is 0 Å². The first-order chi connectivity index (χ1) is 9.13. The molecule has 0 saturated carbocycles. The number of nitro groups is 1. The van der Waals surface area contributed by atoms with E-state index in [0.29, 0.717) is 5.69 Å². The monoisotopic (exact) mass is 276 g/mol. The second-order valence-corrected chi connectivity index (χ2v) is 4.38. The van der Waals surface area contributed by atoms with Crippen molar-refractivity contribution in [2.75, 3.05) is 11.9 Å². The first kappa shape index (κ1) is 13.4. The molecule has 0 heterocycles. The van der Waals surface area contributed by atoms with E-state index in [1.807, 2.05) is 30.3 Å². The van der Waals surface area contributed by atoms with Gasteiger partial charge in [0.25, 0.3) is 5.69 Å². The second kappa shape index (κ2) is 5.71. The molecular weight excluding hydrogens is 264 g/mol. The Hall–Kier alpha value is -2.07. The minimum absolute atomic E-state index is 0.0597. The molecule has 0 bridgehead atoms. The van der Waals surface area contributed by atoms with Crippen LogP contribution in [-0.4, -0.2) is 12.0 Å². The number of nitro benzene ring substituents is 1. The third-order valence-electron chi connectivity index (χ3n) is 2.90. The van der Waals surface area contributed by atoms with Gasteiger partial charge in [0, 0.05) is 24.7 Å². The van der Waals surface area contributed by atoms with Gasteiger partial charge in [0.1, 0.15) is 5.69 Å². The van der Waals surface area contributed by atoms with Crippen LogP contribution < -0.4 is 4.90 Å². The van der Waals surface area contributed by atoms with Gasteiger partial charge >= 0.3 is 0 Å². The molecule has 0 spiro atoms. The Balaban J connectivity index is 2.47. The highest BCUT2D eigenvalue weighted by Crippen LogP contribution is 2.33. The lowest BCUT2D eigenvalue weighted by Gasteiger charge is -2.19. The summed E-state index contributed by atoms with van der Waals surface area (Å²) < 4.78 is 0. The van der Waals surface area contributed by atoms with Gasteiger partial charge in [-0.15, -0.1) is 11.6 Å². The fourth-order valence-corrected chi connectivity index (χ4v) is 2.04. The standard InChI is InChI=1S/C14H13ClN2O2/c1-16(12-5-3-2-4-6-12)13-8-7-11(10-15)9-14(13)17(18)19/h2-9H,10H2,1H3. The van der Waals surface area contributed by atoms with Crippen molar-refractivity contribution in [3.8, 4) is 0 Å². The van der Waals surface area contributed by atoms with Crippen molar-refractivity contribution in [2.45, 2.75) is 5.88 Å². The maximum absolute atomic E-state index is 11.2. The lowest BCUT2D eigenvalue weighted by Crippen LogP contribution is -2.11. The van der Waals surface area contributed by atoms with Crippen LogP contribution in [0.3, 0.4) is 0 Å². The van der Waals surface area contributed by atoms with Crippen LogP contribution in [0.2, 0.25) is 0 Å². The average Bonchev–Trinajstić information content (AvgIpc) is 2.46. The molecule has 19 heavy (non-hydrogen) atoms. The van der Waals surface area contributed by atoms with Crippen molar-refractivity contribution < 1.29 is 4.92 Å². The van der Waals surface area contributed by atoms with Crippen molar-refractivity contribution >= 4 is 28.7 Å². The van der Waals surface area contributed by atoms with Crippen molar-refractivity contribution in [2.24, 2.45) is 0 Å². The summed E-state index contributed by atoms with van der Waals surface area (Å²) >= 11 is 5.72. The number of nitrogens with zero attached hydrogens (tertiary/aromatic N) is 2. The summed E-state index contributed by atoms with van der Waals surface area (Å²) in [6.45, 7) is 0. The molecule has 0 aliphatic heterocycles. The molecule has 0 saturated heterocycles. The van der Waals surface area contributed by atoms with Crippen LogP contribution in [0.5, 0.6) is 0 Å². The van der Waals surface area contributed by atoms with E-state index in [1.54, 1.807) is 24.1 Å². The van der Waals surface area contributed by atoms with Crippen molar-refractivity contribution in [3.63, 3.8) is 0 Å². The summed E-state index contributed by atoms with van der Waals surface area (Å²) in [5.74, 6) is 0.260. The van der Waals surface area contributed by atoms with Crippen LogP contribution >= 0.6 is 11.6 Å². The molecule has 2 aromatic carbocycles. The van der Waals surface area contributed by atoms with E-state index < -0.39 is 0 Å². The Bertz CT molecular complexity index is 587. The molecular formula is C14H13ClN2O2. The molecule has 0 radical (unpaired) electrons. The number of rotatable bonds is 4. The number of hydrogen-bond donors (Lipinski definition) is 0. The van der Waals surface area contributed by atoms with Gasteiger partial charge in [-0.3, -0.25) is 10.1 Å². The van der Waals surface area contributed by atoms with E-state index >= 15 is 0 Å². The number of halogens is 1. The zero-order valence-electron chi connectivity index (χ0n) is 10.4. The lowest BCUT2D eigenvalue weighted by atomic mass is 10.1. The van der Waals surface area contributed by atoms with Gasteiger partial charge in [0.2, 0.25) is 0 Å². The van der Waals surface area contributed by atoms with Gasteiger partial charge in [-0.2, -0.15) is 0 Å². The first-order valence-electron chi connectivity index (χ1n) is 5.75. The summed E-state index contributed by atoms with van der Waals surface area (Å²) in [6, 6.07) is 14.5. The van der Waals surface area contributed by atoms with E-state index in [2.05, 4.69) is 0 Å². The largest absolute Gasteiger partial charge is 0.339 e. The van der Waals surface area contributed by atoms with Gasteiger partial charge in [0.15, 0.2) is 0 Å². The summed E-state index contributed by atoms with van der Waals surface area (Å²) in [4.78, 5) is 12.6. The number of alkyl halides is 1. The zero-order valence-corrected chi connectivity index (χ0v) is 11.2. The highest BCUT2D eigenvalue weighted by molar-refractivity contribution is 6.17. The minimum atomic E-state index is -0.384.